The highest BCUT2D eigenvalue weighted by Crippen LogP contribution is 2.15. The van der Waals surface area contributed by atoms with Crippen molar-refractivity contribution < 1.29 is 9.53 Å². The van der Waals surface area contributed by atoms with E-state index in [4.69, 9.17) is 4.74 Å². The first-order chi connectivity index (χ1) is 7.65. The minimum atomic E-state index is -0.340. The maximum absolute atomic E-state index is 11.5. The number of hydrogen-bond acceptors (Lipinski definition) is 4. The van der Waals surface area contributed by atoms with Crippen LogP contribution in [0.2, 0.25) is 0 Å². The van der Waals surface area contributed by atoms with Crippen molar-refractivity contribution in [3.8, 4) is 0 Å². The van der Waals surface area contributed by atoms with Gasteiger partial charge in [-0.2, -0.15) is 0 Å². The molecule has 6 heteroatoms. The van der Waals surface area contributed by atoms with Gasteiger partial charge in [0.2, 0.25) is 0 Å². The lowest BCUT2D eigenvalue weighted by molar-refractivity contribution is 0.0599. The van der Waals surface area contributed by atoms with Crippen molar-refractivity contribution in [3.05, 3.63) is 35.7 Å². The van der Waals surface area contributed by atoms with Crippen molar-refractivity contribution in [2.75, 3.05) is 7.11 Å². The SMILES string of the molecule is COC(=O)c1cc(C)n(-n2cnnc2)c1C. The van der Waals surface area contributed by atoms with Crippen LogP contribution in [-0.4, -0.2) is 32.6 Å². The average molecular weight is 220 g/mol. The lowest BCUT2D eigenvalue weighted by Gasteiger charge is -2.08. The second-order valence-electron chi connectivity index (χ2n) is 3.43. The molecule has 0 bridgehead atoms. The van der Waals surface area contributed by atoms with Gasteiger partial charge in [0.05, 0.1) is 18.4 Å². The number of nitrogens with zero attached hydrogens (tertiary/aromatic N) is 4. The quantitative estimate of drug-likeness (QED) is 0.702. The summed E-state index contributed by atoms with van der Waals surface area (Å²) in [6.45, 7) is 3.75. The summed E-state index contributed by atoms with van der Waals surface area (Å²) in [5, 5.41) is 7.46. The second kappa shape index (κ2) is 3.80. The van der Waals surface area contributed by atoms with Crippen molar-refractivity contribution in [2.24, 2.45) is 0 Å². The fraction of sp³-hybridized carbons (Fsp3) is 0.300. The van der Waals surface area contributed by atoms with Gasteiger partial charge in [-0.05, 0) is 19.9 Å². The molecule has 84 valence electrons. The first-order valence-electron chi connectivity index (χ1n) is 4.77. The summed E-state index contributed by atoms with van der Waals surface area (Å²) in [6, 6.07) is 1.78. The zero-order chi connectivity index (χ0) is 11.7. The van der Waals surface area contributed by atoms with Crippen molar-refractivity contribution >= 4 is 5.97 Å². The predicted molar refractivity (Wildman–Crippen MR) is 56.1 cm³/mol. The third kappa shape index (κ3) is 1.48. The molecule has 0 aliphatic rings. The number of esters is 1. The van der Waals surface area contributed by atoms with Gasteiger partial charge in [-0.15, -0.1) is 10.2 Å². The van der Waals surface area contributed by atoms with Crippen LogP contribution in [0.25, 0.3) is 0 Å². The lowest BCUT2D eigenvalue weighted by atomic mass is 10.2. The molecule has 0 radical (unpaired) electrons. The predicted octanol–water partition coefficient (Wildman–Crippen LogP) is 0.794. The number of carbonyl (C=O) groups excluding carboxylic acids is 1. The Morgan fingerprint density at radius 2 is 1.94 bits per heavy atom. The minimum Gasteiger partial charge on any atom is -0.465 e. The van der Waals surface area contributed by atoms with E-state index in [-0.39, 0.29) is 5.97 Å². The van der Waals surface area contributed by atoms with Gasteiger partial charge in [-0.3, -0.25) is 4.68 Å². The molecule has 0 spiro atoms. The Labute approximate surface area is 92.4 Å². The molecule has 0 aliphatic heterocycles. The third-order valence-electron chi connectivity index (χ3n) is 2.44. The highest BCUT2D eigenvalue weighted by atomic mass is 16.5. The van der Waals surface area contributed by atoms with Gasteiger partial charge < -0.3 is 4.74 Å². The molecule has 2 heterocycles. The first-order valence-corrected chi connectivity index (χ1v) is 4.77. The Hall–Kier alpha value is -2.11. The summed E-state index contributed by atoms with van der Waals surface area (Å²) in [5.74, 6) is -0.340. The van der Waals surface area contributed by atoms with E-state index in [2.05, 4.69) is 10.2 Å². The molecule has 0 unspecified atom stereocenters. The fourth-order valence-electron chi connectivity index (χ4n) is 1.72. The van der Waals surface area contributed by atoms with Crippen LogP contribution in [0.15, 0.2) is 18.7 Å². The molecule has 0 saturated carbocycles. The molecule has 0 atom stereocenters. The molecule has 2 aromatic heterocycles. The van der Waals surface area contributed by atoms with Crippen LogP contribution in [0.5, 0.6) is 0 Å². The van der Waals surface area contributed by atoms with Crippen molar-refractivity contribution in [1.29, 1.82) is 0 Å². The van der Waals surface area contributed by atoms with Crippen LogP contribution in [0.3, 0.4) is 0 Å². The summed E-state index contributed by atoms with van der Waals surface area (Å²) in [4.78, 5) is 11.5. The zero-order valence-electron chi connectivity index (χ0n) is 9.34. The molecule has 0 N–H and O–H groups in total. The minimum absolute atomic E-state index is 0.340. The number of rotatable bonds is 2. The van der Waals surface area contributed by atoms with Gasteiger partial charge in [-0.1, -0.05) is 0 Å². The number of hydrogen-bond donors (Lipinski definition) is 0. The van der Waals surface area contributed by atoms with Gasteiger partial charge in [0.15, 0.2) is 0 Å². The van der Waals surface area contributed by atoms with E-state index in [1.54, 1.807) is 23.4 Å². The van der Waals surface area contributed by atoms with Crippen LogP contribution in [-0.2, 0) is 4.74 Å². The summed E-state index contributed by atoms with van der Waals surface area (Å²) in [6.07, 6.45) is 3.14. The number of carbonyl (C=O) groups is 1. The first kappa shape index (κ1) is 10.4. The number of ether oxygens (including phenoxy) is 1. The number of methoxy groups -OCH3 is 1. The summed E-state index contributed by atoms with van der Waals surface area (Å²) < 4.78 is 8.25. The Morgan fingerprint density at radius 1 is 1.31 bits per heavy atom. The third-order valence-corrected chi connectivity index (χ3v) is 2.44. The van der Waals surface area contributed by atoms with E-state index < -0.39 is 0 Å². The maximum atomic E-state index is 11.5. The Bertz CT molecular complexity index is 513. The summed E-state index contributed by atoms with van der Waals surface area (Å²) in [7, 11) is 1.37. The smallest absolute Gasteiger partial charge is 0.339 e. The van der Waals surface area contributed by atoms with Gasteiger partial charge in [0, 0.05) is 5.69 Å². The largest absolute Gasteiger partial charge is 0.465 e. The molecule has 16 heavy (non-hydrogen) atoms. The van der Waals surface area contributed by atoms with Gasteiger partial charge >= 0.3 is 5.97 Å². The molecule has 2 aromatic rings. The van der Waals surface area contributed by atoms with Crippen LogP contribution in [0.1, 0.15) is 21.7 Å². The van der Waals surface area contributed by atoms with Gasteiger partial charge in [-0.25, -0.2) is 9.47 Å². The zero-order valence-corrected chi connectivity index (χ0v) is 9.34. The number of aromatic nitrogens is 4. The Balaban J connectivity index is 2.56. The van der Waals surface area contributed by atoms with Crippen LogP contribution < -0.4 is 0 Å². The molecule has 6 nitrogen and oxygen atoms in total. The highest BCUT2D eigenvalue weighted by molar-refractivity contribution is 5.91. The van der Waals surface area contributed by atoms with Gasteiger partial charge in [0.25, 0.3) is 0 Å². The fourth-order valence-corrected chi connectivity index (χ4v) is 1.72. The molecule has 0 saturated heterocycles. The van der Waals surface area contributed by atoms with E-state index in [1.165, 1.54) is 7.11 Å². The van der Waals surface area contributed by atoms with E-state index in [1.807, 2.05) is 18.5 Å². The van der Waals surface area contributed by atoms with Crippen LogP contribution >= 0.6 is 0 Å². The van der Waals surface area contributed by atoms with E-state index in [0.29, 0.717) is 5.56 Å². The topological polar surface area (TPSA) is 61.9 Å². The Morgan fingerprint density at radius 3 is 2.50 bits per heavy atom. The van der Waals surface area contributed by atoms with E-state index >= 15 is 0 Å². The van der Waals surface area contributed by atoms with E-state index in [9.17, 15) is 4.79 Å². The molecular weight excluding hydrogens is 208 g/mol. The van der Waals surface area contributed by atoms with Crippen molar-refractivity contribution in [1.82, 2.24) is 19.5 Å². The Kier molecular flexibility index (Phi) is 2.47. The molecule has 2 rings (SSSR count). The summed E-state index contributed by atoms with van der Waals surface area (Å²) in [5.41, 5.74) is 2.26. The van der Waals surface area contributed by atoms with Crippen molar-refractivity contribution in [3.63, 3.8) is 0 Å². The molecule has 0 aliphatic carbocycles. The maximum Gasteiger partial charge on any atom is 0.339 e. The van der Waals surface area contributed by atoms with Gasteiger partial charge in [0.1, 0.15) is 12.7 Å². The molecule has 0 fully saturated rings. The second-order valence-corrected chi connectivity index (χ2v) is 3.43. The standard InChI is InChI=1S/C10H12N4O2/c1-7-4-9(10(15)16-3)8(2)14(7)13-5-11-12-6-13/h4-6H,1-3H3. The van der Waals surface area contributed by atoms with Crippen LogP contribution in [0.4, 0.5) is 0 Å². The van der Waals surface area contributed by atoms with E-state index in [0.717, 1.165) is 11.4 Å². The normalized spacial score (nSPS) is 10.4. The molecule has 0 aromatic carbocycles. The highest BCUT2D eigenvalue weighted by Gasteiger charge is 2.16. The molecular formula is C10H12N4O2. The monoisotopic (exact) mass is 220 g/mol. The number of aryl methyl sites for hydroxylation is 1. The summed E-state index contributed by atoms with van der Waals surface area (Å²) >= 11 is 0. The van der Waals surface area contributed by atoms with Crippen LogP contribution in [0, 0.1) is 13.8 Å². The average Bonchev–Trinajstić information content (AvgIpc) is 2.86. The van der Waals surface area contributed by atoms with Crippen molar-refractivity contribution in [2.45, 2.75) is 13.8 Å². The molecule has 0 amide bonds. The lowest BCUT2D eigenvalue weighted by Crippen LogP contribution is -2.11.